The molecule has 0 heterocycles. The molecule has 0 radical (unpaired) electrons. The fourth-order valence-corrected chi connectivity index (χ4v) is 1.44. The summed E-state index contributed by atoms with van der Waals surface area (Å²) < 4.78 is 0. The third-order valence-corrected chi connectivity index (χ3v) is 2.67. The minimum absolute atomic E-state index is 0.289. The minimum atomic E-state index is -1.01. The lowest BCUT2D eigenvalue weighted by Crippen LogP contribution is -2.15. The van der Waals surface area contributed by atoms with Gasteiger partial charge in [-0.25, -0.2) is 0 Å². The largest absolute Gasteiger partial charge is 0.480 e. The Bertz CT molecular complexity index is 350. The molecule has 0 aliphatic heterocycles. The molecule has 1 rings (SSSR count). The molecule has 0 aliphatic rings. The summed E-state index contributed by atoms with van der Waals surface area (Å²) in [4.78, 5) is 10.5. The fraction of sp³-hybridized carbons (Fsp3) is 0.300. The van der Waals surface area contributed by atoms with Crippen LogP contribution in [-0.2, 0) is 11.2 Å². The molecule has 1 unspecified atom stereocenters. The van der Waals surface area contributed by atoms with Gasteiger partial charge in [0, 0.05) is 5.02 Å². The molecule has 1 atom stereocenters. The second-order valence-electron chi connectivity index (χ2n) is 3.09. The molecule has 0 fully saturated rings. The van der Waals surface area contributed by atoms with Gasteiger partial charge < -0.3 is 5.11 Å². The Kier molecular flexibility index (Phi) is 3.78. The Hall–Kier alpha value is -0.730. The number of rotatable bonds is 3. The van der Waals surface area contributed by atoms with E-state index >= 15 is 0 Å². The van der Waals surface area contributed by atoms with E-state index in [1.165, 1.54) is 0 Å². The van der Waals surface area contributed by atoms with Crippen molar-refractivity contribution < 1.29 is 9.90 Å². The molecule has 0 saturated heterocycles. The Balaban J connectivity index is 2.78. The van der Waals surface area contributed by atoms with Crippen LogP contribution in [0.15, 0.2) is 18.2 Å². The highest BCUT2D eigenvalue weighted by atomic mass is 35.5. The zero-order valence-corrected chi connectivity index (χ0v) is 9.14. The molecular formula is C10H10Cl2O2. The van der Waals surface area contributed by atoms with Gasteiger partial charge in [0.05, 0.1) is 0 Å². The van der Waals surface area contributed by atoms with E-state index in [9.17, 15) is 4.79 Å². The van der Waals surface area contributed by atoms with Crippen LogP contribution in [0.3, 0.4) is 0 Å². The Morgan fingerprint density at radius 2 is 2.21 bits per heavy atom. The van der Waals surface area contributed by atoms with Crippen LogP contribution in [0.1, 0.15) is 11.1 Å². The van der Waals surface area contributed by atoms with Crippen LogP contribution in [-0.4, -0.2) is 16.5 Å². The van der Waals surface area contributed by atoms with Crippen LogP contribution in [0.2, 0.25) is 5.02 Å². The molecule has 0 aromatic heterocycles. The van der Waals surface area contributed by atoms with Crippen molar-refractivity contribution in [2.24, 2.45) is 0 Å². The van der Waals surface area contributed by atoms with Crippen LogP contribution in [0.5, 0.6) is 0 Å². The van der Waals surface area contributed by atoms with Gasteiger partial charge >= 0.3 is 5.97 Å². The summed E-state index contributed by atoms with van der Waals surface area (Å²) in [6.45, 7) is 1.89. The average molecular weight is 233 g/mol. The third kappa shape index (κ3) is 2.89. The number of benzene rings is 1. The lowest BCUT2D eigenvalue weighted by molar-refractivity contribution is -0.136. The molecule has 1 aromatic carbocycles. The molecule has 0 bridgehead atoms. The van der Waals surface area contributed by atoms with Gasteiger partial charge in [-0.05, 0) is 30.5 Å². The molecule has 0 amide bonds. The lowest BCUT2D eigenvalue weighted by atomic mass is 10.1. The summed E-state index contributed by atoms with van der Waals surface area (Å²) in [5, 5.41) is 8.34. The summed E-state index contributed by atoms with van der Waals surface area (Å²) in [7, 11) is 0. The smallest absolute Gasteiger partial charge is 0.321 e. The lowest BCUT2D eigenvalue weighted by Gasteiger charge is -2.05. The SMILES string of the molecule is Cc1ccc(CC(Cl)C(=O)O)cc1Cl. The van der Waals surface area contributed by atoms with Crippen LogP contribution in [0, 0.1) is 6.92 Å². The number of carboxylic acids is 1. The first kappa shape index (κ1) is 11.3. The first-order valence-electron chi connectivity index (χ1n) is 4.12. The molecule has 1 aromatic rings. The highest BCUT2D eigenvalue weighted by Gasteiger charge is 2.14. The average Bonchev–Trinajstić information content (AvgIpc) is 2.11. The maximum Gasteiger partial charge on any atom is 0.321 e. The van der Waals surface area contributed by atoms with Gasteiger partial charge in [-0.2, -0.15) is 0 Å². The predicted octanol–water partition coefficient (Wildman–Crippen LogP) is 2.88. The molecule has 1 N–H and O–H groups in total. The van der Waals surface area contributed by atoms with Crippen molar-refractivity contribution in [1.82, 2.24) is 0 Å². The van der Waals surface area contributed by atoms with Crippen molar-refractivity contribution in [1.29, 1.82) is 0 Å². The van der Waals surface area contributed by atoms with Gasteiger partial charge in [-0.15, -0.1) is 11.6 Å². The van der Waals surface area contributed by atoms with E-state index < -0.39 is 11.3 Å². The van der Waals surface area contributed by atoms with Gasteiger partial charge in [0.15, 0.2) is 0 Å². The Labute approximate surface area is 92.5 Å². The number of aliphatic carboxylic acids is 1. The highest BCUT2D eigenvalue weighted by molar-refractivity contribution is 6.31. The van der Waals surface area contributed by atoms with E-state index in [0.717, 1.165) is 11.1 Å². The van der Waals surface area contributed by atoms with Crippen molar-refractivity contribution in [2.45, 2.75) is 18.7 Å². The summed E-state index contributed by atoms with van der Waals surface area (Å²) >= 11 is 11.5. The number of hydrogen-bond donors (Lipinski definition) is 1. The second kappa shape index (κ2) is 4.67. The van der Waals surface area contributed by atoms with E-state index in [2.05, 4.69) is 0 Å². The predicted molar refractivity (Wildman–Crippen MR) is 57.2 cm³/mol. The molecule has 14 heavy (non-hydrogen) atoms. The van der Waals surface area contributed by atoms with E-state index in [1.807, 2.05) is 19.1 Å². The minimum Gasteiger partial charge on any atom is -0.480 e. The van der Waals surface area contributed by atoms with Crippen LogP contribution >= 0.6 is 23.2 Å². The maximum atomic E-state index is 10.5. The molecule has 2 nitrogen and oxygen atoms in total. The highest BCUT2D eigenvalue weighted by Crippen LogP contribution is 2.18. The van der Waals surface area contributed by atoms with E-state index in [4.69, 9.17) is 28.3 Å². The van der Waals surface area contributed by atoms with Crippen LogP contribution in [0.4, 0.5) is 0 Å². The summed E-state index contributed by atoms with van der Waals surface area (Å²) in [5.74, 6) is -1.01. The van der Waals surface area contributed by atoms with Gasteiger partial charge in [-0.1, -0.05) is 23.7 Å². The Morgan fingerprint density at radius 1 is 1.57 bits per heavy atom. The third-order valence-electron chi connectivity index (χ3n) is 1.92. The van der Waals surface area contributed by atoms with Crippen LogP contribution in [0.25, 0.3) is 0 Å². The summed E-state index contributed by atoms with van der Waals surface area (Å²) in [5.41, 5.74) is 1.81. The monoisotopic (exact) mass is 232 g/mol. The second-order valence-corrected chi connectivity index (χ2v) is 4.03. The van der Waals surface area contributed by atoms with Crippen molar-refractivity contribution in [3.63, 3.8) is 0 Å². The molecule has 0 spiro atoms. The number of alkyl halides is 1. The number of halogens is 2. The van der Waals surface area contributed by atoms with Crippen molar-refractivity contribution in [3.8, 4) is 0 Å². The van der Waals surface area contributed by atoms with Gasteiger partial charge in [0.2, 0.25) is 0 Å². The molecule has 4 heteroatoms. The number of carbonyl (C=O) groups is 1. The van der Waals surface area contributed by atoms with E-state index in [-0.39, 0.29) is 6.42 Å². The van der Waals surface area contributed by atoms with Crippen LogP contribution < -0.4 is 0 Å². The molecule has 0 aliphatic carbocycles. The summed E-state index contributed by atoms with van der Waals surface area (Å²) in [6, 6.07) is 5.43. The summed E-state index contributed by atoms with van der Waals surface area (Å²) in [6.07, 6.45) is 0.289. The molecule has 76 valence electrons. The quantitative estimate of drug-likeness (QED) is 0.815. The van der Waals surface area contributed by atoms with Gasteiger partial charge in [-0.3, -0.25) is 4.79 Å². The van der Waals surface area contributed by atoms with Gasteiger partial charge in [0.1, 0.15) is 5.38 Å². The molecule has 0 saturated carbocycles. The van der Waals surface area contributed by atoms with Gasteiger partial charge in [0.25, 0.3) is 0 Å². The fourth-order valence-electron chi connectivity index (χ4n) is 1.06. The number of hydrogen-bond acceptors (Lipinski definition) is 1. The Morgan fingerprint density at radius 3 is 2.71 bits per heavy atom. The maximum absolute atomic E-state index is 10.5. The first-order chi connectivity index (χ1) is 6.50. The topological polar surface area (TPSA) is 37.3 Å². The normalized spacial score (nSPS) is 12.5. The van der Waals surface area contributed by atoms with Crippen molar-refractivity contribution in [2.75, 3.05) is 0 Å². The molecular weight excluding hydrogens is 223 g/mol. The number of aryl methyl sites for hydroxylation is 1. The van der Waals surface area contributed by atoms with E-state index in [1.54, 1.807) is 6.07 Å². The van der Waals surface area contributed by atoms with E-state index in [0.29, 0.717) is 5.02 Å². The zero-order chi connectivity index (χ0) is 10.7. The number of carboxylic acid groups (broad SMARTS) is 1. The standard InChI is InChI=1S/C10H10Cl2O2/c1-6-2-3-7(4-8(6)11)5-9(12)10(13)14/h2-4,9H,5H2,1H3,(H,13,14). The first-order valence-corrected chi connectivity index (χ1v) is 4.94. The zero-order valence-electron chi connectivity index (χ0n) is 7.63. The van der Waals surface area contributed by atoms with Crippen molar-refractivity contribution in [3.05, 3.63) is 34.3 Å². The van der Waals surface area contributed by atoms with Crippen molar-refractivity contribution >= 4 is 29.2 Å².